The molecule has 5 heteroatoms. The van der Waals surface area contributed by atoms with Crippen LogP contribution in [0.25, 0.3) is 0 Å². The van der Waals surface area contributed by atoms with Gasteiger partial charge in [0.2, 0.25) is 5.91 Å². The van der Waals surface area contributed by atoms with Crippen molar-refractivity contribution in [3.63, 3.8) is 0 Å². The van der Waals surface area contributed by atoms with Crippen molar-refractivity contribution < 1.29 is 9.00 Å². The van der Waals surface area contributed by atoms with Crippen molar-refractivity contribution >= 4 is 16.7 Å². The molecule has 2 atom stereocenters. The average molecular weight is 220 g/mol. The van der Waals surface area contributed by atoms with Gasteiger partial charge in [-0.3, -0.25) is 9.00 Å². The summed E-state index contributed by atoms with van der Waals surface area (Å²) in [4.78, 5) is 11.5. The molecule has 0 radical (unpaired) electrons. The molecule has 0 aliphatic carbocycles. The summed E-state index contributed by atoms with van der Waals surface area (Å²) in [7, 11) is -1.17. The van der Waals surface area contributed by atoms with Crippen LogP contribution in [-0.4, -0.2) is 33.2 Å². The largest absolute Gasteiger partial charge is 0.350 e. The van der Waals surface area contributed by atoms with Gasteiger partial charge in [0.25, 0.3) is 0 Å². The molecule has 1 amide bonds. The zero-order valence-corrected chi connectivity index (χ0v) is 10.1. The van der Waals surface area contributed by atoms with Gasteiger partial charge in [0.05, 0.1) is 0 Å². The highest BCUT2D eigenvalue weighted by atomic mass is 32.2. The van der Waals surface area contributed by atoms with Crippen LogP contribution in [0.2, 0.25) is 0 Å². The second-order valence-corrected chi connectivity index (χ2v) is 6.13. The molecule has 0 aliphatic rings. The second-order valence-electron chi connectivity index (χ2n) is 4.26. The van der Waals surface area contributed by atoms with Crippen molar-refractivity contribution in [2.45, 2.75) is 38.5 Å². The Kier molecular flexibility index (Phi) is 5.29. The van der Waals surface area contributed by atoms with Gasteiger partial charge in [-0.05, 0) is 27.7 Å². The molecule has 84 valence electrons. The van der Waals surface area contributed by atoms with E-state index in [2.05, 4.69) is 5.32 Å². The van der Waals surface area contributed by atoms with Gasteiger partial charge in [0, 0.05) is 28.6 Å². The number of amides is 1. The van der Waals surface area contributed by atoms with Crippen molar-refractivity contribution in [1.29, 1.82) is 0 Å². The maximum Gasteiger partial charge on any atom is 0.235 e. The fourth-order valence-corrected chi connectivity index (χ4v) is 1.77. The van der Waals surface area contributed by atoms with Gasteiger partial charge in [0.15, 0.2) is 0 Å². The predicted octanol–water partition coefficient (Wildman–Crippen LogP) is -0.00300. The summed E-state index contributed by atoms with van der Waals surface area (Å²) < 4.78 is 11.4. The summed E-state index contributed by atoms with van der Waals surface area (Å²) in [6.45, 7) is 7.68. The van der Waals surface area contributed by atoms with E-state index in [1.165, 1.54) is 0 Å². The number of nitrogens with one attached hydrogen (secondary N) is 1. The van der Waals surface area contributed by atoms with Crippen LogP contribution in [0.1, 0.15) is 27.7 Å². The fraction of sp³-hybridized carbons (Fsp3) is 0.889. The molecule has 14 heavy (non-hydrogen) atoms. The Bertz CT molecular complexity index is 223. The molecule has 0 saturated heterocycles. The third kappa shape index (κ3) is 5.34. The van der Waals surface area contributed by atoms with Gasteiger partial charge in [-0.15, -0.1) is 0 Å². The van der Waals surface area contributed by atoms with Crippen LogP contribution in [0.5, 0.6) is 0 Å². The Morgan fingerprint density at radius 2 is 2.00 bits per heavy atom. The zero-order valence-electron chi connectivity index (χ0n) is 9.29. The number of nitrogens with two attached hydrogens (primary N) is 1. The summed E-state index contributed by atoms with van der Waals surface area (Å²) >= 11 is 0. The minimum Gasteiger partial charge on any atom is -0.350 e. The molecule has 0 fully saturated rings. The average Bonchev–Trinajstić information content (AvgIpc) is 2.00. The third-order valence-corrected chi connectivity index (χ3v) is 3.22. The van der Waals surface area contributed by atoms with Gasteiger partial charge in [-0.25, -0.2) is 0 Å². The van der Waals surface area contributed by atoms with Crippen molar-refractivity contribution in [3.8, 4) is 0 Å². The van der Waals surface area contributed by atoms with Crippen molar-refractivity contribution in [2.75, 3.05) is 12.3 Å². The molecular weight excluding hydrogens is 200 g/mol. The lowest BCUT2D eigenvalue weighted by atomic mass is 10.1. The first-order valence-corrected chi connectivity index (χ1v) is 6.05. The molecule has 0 heterocycles. The van der Waals surface area contributed by atoms with Crippen molar-refractivity contribution in [1.82, 2.24) is 5.32 Å². The Labute approximate surface area is 88.1 Å². The molecular formula is C9H20N2O2S. The van der Waals surface area contributed by atoms with Gasteiger partial charge >= 0.3 is 0 Å². The van der Waals surface area contributed by atoms with E-state index < -0.39 is 16.0 Å². The SMILES string of the molecule is CC(C(=O)NC(C)(C)C)S(=O)CCN. The Hall–Kier alpha value is -0.420. The van der Waals surface area contributed by atoms with E-state index in [0.29, 0.717) is 12.3 Å². The lowest BCUT2D eigenvalue weighted by Gasteiger charge is -2.22. The van der Waals surface area contributed by atoms with E-state index in [1.54, 1.807) is 6.92 Å². The monoisotopic (exact) mass is 220 g/mol. The first kappa shape index (κ1) is 13.6. The molecule has 0 spiro atoms. The molecule has 2 unspecified atom stereocenters. The Balaban J connectivity index is 4.19. The standard InChI is InChI=1S/C9H20N2O2S/c1-7(14(13)6-5-10)8(12)11-9(2,3)4/h7H,5-6,10H2,1-4H3,(H,11,12). The lowest BCUT2D eigenvalue weighted by Crippen LogP contribution is -2.46. The summed E-state index contributed by atoms with van der Waals surface area (Å²) in [6, 6.07) is 0. The lowest BCUT2D eigenvalue weighted by molar-refractivity contribution is -0.121. The third-order valence-electron chi connectivity index (χ3n) is 1.58. The normalized spacial score (nSPS) is 16.1. The fourth-order valence-electron chi connectivity index (χ4n) is 0.884. The number of hydrogen-bond acceptors (Lipinski definition) is 3. The number of carbonyl (C=O) groups is 1. The molecule has 0 rings (SSSR count). The highest BCUT2D eigenvalue weighted by molar-refractivity contribution is 7.86. The van der Waals surface area contributed by atoms with Crippen LogP contribution in [0.15, 0.2) is 0 Å². The number of rotatable bonds is 4. The Morgan fingerprint density at radius 3 is 2.36 bits per heavy atom. The maximum atomic E-state index is 11.5. The zero-order chi connectivity index (χ0) is 11.4. The summed E-state index contributed by atoms with van der Waals surface area (Å²) in [5, 5.41) is 2.30. The molecule has 0 aliphatic heterocycles. The highest BCUT2D eigenvalue weighted by Gasteiger charge is 2.23. The first-order valence-electron chi connectivity index (χ1n) is 4.67. The van der Waals surface area contributed by atoms with Gasteiger partial charge < -0.3 is 11.1 Å². The van der Waals surface area contributed by atoms with Gasteiger partial charge in [-0.2, -0.15) is 0 Å². The number of hydrogen-bond donors (Lipinski definition) is 2. The van der Waals surface area contributed by atoms with Crippen LogP contribution < -0.4 is 11.1 Å². The molecule has 0 aromatic heterocycles. The van der Waals surface area contributed by atoms with E-state index in [0.717, 1.165) is 0 Å². The minimum atomic E-state index is -1.17. The van der Waals surface area contributed by atoms with Crippen LogP contribution in [-0.2, 0) is 15.6 Å². The van der Waals surface area contributed by atoms with E-state index in [4.69, 9.17) is 5.73 Å². The van der Waals surface area contributed by atoms with E-state index in [-0.39, 0.29) is 11.4 Å². The topological polar surface area (TPSA) is 72.2 Å². The van der Waals surface area contributed by atoms with E-state index in [1.807, 2.05) is 20.8 Å². The second kappa shape index (κ2) is 5.46. The maximum absolute atomic E-state index is 11.5. The molecule has 4 nitrogen and oxygen atoms in total. The highest BCUT2D eigenvalue weighted by Crippen LogP contribution is 2.02. The molecule has 0 saturated carbocycles. The first-order chi connectivity index (χ1) is 6.28. The van der Waals surface area contributed by atoms with Crippen LogP contribution >= 0.6 is 0 Å². The minimum absolute atomic E-state index is 0.177. The summed E-state index contributed by atoms with van der Waals surface area (Å²) in [5.41, 5.74) is 4.99. The summed E-state index contributed by atoms with van der Waals surface area (Å²) in [5.74, 6) is 0.197. The number of carbonyl (C=O) groups excluding carboxylic acids is 1. The molecule has 3 N–H and O–H groups in total. The van der Waals surface area contributed by atoms with Crippen LogP contribution in [0.4, 0.5) is 0 Å². The van der Waals surface area contributed by atoms with Gasteiger partial charge in [-0.1, -0.05) is 0 Å². The quantitative estimate of drug-likeness (QED) is 0.700. The molecule has 0 aromatic rings. The predicted molar refractivity (Wildman–Crippen MR) is 59.4 cm³/mol. The van der Waals surface area contributed by atoms with E-state index in [9.17, 15) is 9.00 Å². The van der Waals surface area contributed by atoms with Crippen LogP contribution in [0.3, 0.4) is 0 Å². The van der Waals surface area contributed by atoms with Crippen molar-refractivity contribution in [3.05, 3.63) is 0 Å². The van der Waals surface area contributed by atoms with E-state index >= 15 is 0 Å². The van der Waals surface area contributed by atoms with Crippen LogP contribution in [0, 0.1) is 0 Å². The van der Waals surface area contributed by atoms with Gasteiger partial charge in [0.1, 0.15) is 5.25 Å². The summed E-state index contributed by atoms with van der Waals surface area (Å²) in [6.07, 6.45) is 0. The molecule has 0 bridgehead atoms. The Morgan fingerprint density at radius 1 is 1.50 bits per heavy atom. The molecule has 0 aromatic carbocycles. The smallest absolute Gasteiger partial charge is 0.235 e. The van der Waals surface area contributed by atoms with Crippen molar-refractivity contribution in [2.24, 2.45) is 5.73 Å².